The molecule has 2 aliphatic rings. The molecule has 0 unspecified atom stereocenters. The number of rotatable bonds is 2. The number of nitrogens with zero attached hydrogens (tertiary/aromatic N) is 2. The topological polar surface area (TPSA) is 64.1 Å². The van der Waals surface area contributed by atoms with E-state index >= 15 is 0 Å². The predicted octanol–water partition coefficient (Wildman–Crippen LogP) is 2.97. The lowest BCUT2D eigenvalue weighted by Crippen LogP contribution is -2.31. The molecule has 5 nitrogen and oxygen atoms in total. The third-order valence-corrected chi connectivity index (χ3v) is 4.93. The second kappa shape index (κ2) is 4.74. The van der Waals surface area contributed by atoms with Crippen molar-refractivity contribution in [2.75, 3.05) is 13.1 Å². The highest BCUT2D eigenvalue weighted by Gasteiger charge is 2.46. The molecule has 1 aliphatic heterocycles. The average Bonchev–Trinajstić information content (AvgIpc) is 3.19. The zero-order valence-corrected chi connectivity index (χ0v) is 11.5. The lowest BCUT2D eigenvalue weighted by Gasteiger charge is -2.36. The SMILES string of the molecule is c1cc(-c2noc([C@H]3CNCC34CCCCC4)n2)co1. The van der Waals surface area contributed by atoms with Gasteiger partial charge in [-0.25, -0.2) is 0 Å². The fourth-order valence-corrected chi connectivity index (χ4v) is 3.82. The Hall–Kier alpha value is -1.62. The van der Waals surface area contributed by atoms with Crippen LogP contribution < -0.4 is 5.32 Å². The van der Waals surface area contributed by atoms with Crippen LogP contribution in [0.1, 0.15) is 43.9 Å². The van der Waals surface area contributed by atoms with E-state index in [1.807, 2.05) is 6.07 Å². The lowest BCUT2D eigenvalue weighted by molar-refractivity contribution is 0.165. The van der Waals surface area contributed by atoms with Gasteiger partial charge in [0, 0.05) is 13.1 Å². The van der Waals surface area contributed by atoms with Crippen LogP contribution in [0.4, 0.5) is 0 Å². The van der Waals surface area contributed by atoms with E-state index in [0.29, 0.717) is 17.2 Å². The molecule has 0 radical (unpaired) electrons. The molecule has 0 bridgehead atoms. The largest absolute Gasteiger partial charge is 0.472 e. The number of hydrogen-bond donors (Lipinski definition) is 1. The molecule has 1 atom stereocenters. The highest BCUT2D eigenvalue weighted by atomic mass is 16.5. The van der Waals surface area contributed by atoms with Crippen molar-refractivity contribution in [3.05, 3.63) is 24.5 Å². The Morgan fingerprint density at radius 2 is 2.15 bits per heavy atom. The van der Waals surface area contributed by atoms with Gasteiger partial charge in [0.2, 0.25) is 11.7 Å². The minimum absolute atomic E-state index is 0.332. The van der Waals surface area contributed by atoms with Crippen LogP contribution in [0.25, 0.3) is 11.4 Å². The first-order valence-electron chi connectivity index (χ1n) is 7.44. The quantitative estimate of drug-likeness (QED) is 0.911. The maximum atomic E-state index is 5.56. The van der Waals surface area contributed by atoms with Gasteiger partial charge < -0.3 is 14.3 Å². The second-order valence-corrected chi connectivity index (χ2v) is 6.07. The number of nitrogens with one attached hydrogen (secondary N) is 1. The van der Waals surface area contributed by atoms with E-state index in [-0.39, 0.29) is 0 Å². The molecule has 2 aromatic rings. The highest BCUT2D eigenvalue weighted by Crippen LogP contribution is 2.49. The van der Waals surface area contributed by atoms with Crippen LogP contribution in [0.5, 0.6) is 0 Å². The Labute approximate surface area is 117 Å². The zero-order chi connectivity index (χ0) is 13.4. The molecule has 1 aliphatic carbocycles. The molecule has 1 saturated heterocycles. The normalized spacial score (nSPS) is 25.3. The van der Waals surface area contributed by atoms with Gasteiger partial charge >= 0.3 is 0 Å². The molecule has 2 aromatic heterocycles. The highest BCUT2D eigenvalue weighted by molar-refractivity contribution is 5.51. The summed E-state index contributed by atoms with van der Waals surface area (Å²) < 4.78 is 10.6. The molecular formula is C15H19N3O2. The Balaban J connectivity index is 1.63. The van der Waals surface area contributed by atoms with Crippen molar-refractivity contribution in [1.82, 2.24) is 15.5 Å². The molecule has 1 spiro atoms. The van der Waals surface area contributed by atoms with Crippen LogP contribution in [0.3, 0.4) is 0 Å². The summed E-state index contributed by atoms with van der Waals surface area (Å²) in [6.07, 6.45) is 9.82. The Bertz CT molecular complexity index is 570. The number of hydrogen-bond acceptors (Lipinski definition) is 5. The van der Waals surface area contributed by atoms with Crippen LogP contribution in [0.2, 0.25) is 0 Å². The van der Waals surface area contributed by atoms with E-state index in [0.717, 1.165) is 24.5 Å². The van der Waals surface area contributed by atoms with Crippen molar-refractivity contribution in [3.8, 4) is 11.4 Å². The maximum absolute atomic E-state index is 5.56. The summed E-state index contributed by atoms with van der Waals surface area (Å²) in [7, 11) is 0. The van der Waals surface area contributed by atoms with Gasteiger partial charge in [0.05, 0.1) is 17.7 Å². The number of aromatic nitrogens is 2. The van der Waals surface area contributed by atoms with Crippen molar-refractivity contribution in [1.29, 1.82) is 0 Å². The van der Waals surface area contributed by atoms with Crippen molar-refractivity contribution < 1.29 is 8.94 Å². The molecule has 0 aromatic carbocycles. The van der Waals surface area contributed by atoms with Gasteiger partial charge in [-0.15, -0.1) is 0 Å². The van der Waals surface area contributed by atoms with Gasteiger partial charge in [-0.3, -0.25) is 0 Å². The summed E-state index contributed by atoms with van der Waals surface area (Å²) >= 11 is 0. The van der Waals surface area contributed by atoms with Crippen LogP contribution in [-0.4, -0.2) is 23.2 Å². The van der Waals surface area contributed by atoms with Gasteiger partial charge in [0.15, 0.2) is 0 Å². The van der Waals surface area contributed by atoms with Crippen molar-refractivity contribution in [2.45, 2.75) is 38.0 Å². The van der Waals surface area contributed by atoms with Gasteiger partial charge in [-0.05, 0) is 24.3 Å². The summed E-state index contributed by atoms with van der Waals surface area (Å²) in [6, 6.07) is 1.86. The fraction of sp³-hybridized carbons (Fsp3) is 0.600. The fourth-order valence-electron chi connectivity index (χ4n) is 3.82. The summed E-state index contributed by atoms with van der Waals surface area (Å²) in [5, 5.41) is 7.64. The van der Waals surface area contributed by atoms with E-state index in [9.17, 15) is 0 Å². The molecule has 1 saturated carbocycles. The van der Waals surface area contributed by atoms with Gasteiger partial charge in [-0.2, -0.15) is 4.98 Å². The lowest BCUT2D eigenvalue weighted by atomic mass is 9.67. The summed E-state index contributed by atoms with van der Waals surface area (Å²) in [4.78, 5) is 4.61. The van der Waals surface area contributed by atoms with Crippen molar-refractivity contribution in [2.24, 2.45) is 5.41 Å². The van der Waals surface area contributed by atoms with E-state index < -0.39 is 0 Å². The molecule has 20 heavy (non-hydrogen) atoms. The first-order chi connectivity index (χ1) is 9.87. The minimum Gasteiger partial charge on any atom is -0.472 e. The Kier molecular flexibility index (Phi) is 2.88. The molecule has 0 amide bonds. The van der Waals surface area contributed by atoms with Crippen LogP contribution >= 0.6 is 0 Å². The summed E-state index contributed by atoms with van der Waals surface area (Å²) in [5.74, 6) is 1.77. The molecule has 106 valence electrons. The van der Waals surface area contributed by atoms with Gasteiger partial charge in [-0.1, -0.05) is 24.4 Å². The van der Waals surface area contributed by atoms with E-state index in [1.165, 1.54) is 32.1 Å². The molecular weight excluding hydrogens is 254 g/mol. The first-order valence-corrected chi connectivity index (χ1v) is 7.44. The monoisotopic (exact) mass is 273 g/mol. The predicted molar refractivity (Wildman–Crippen MR) is 73.1 cm³/mol. The van der Waals surface area contributed by atoms with Crippen molar-refractivity contribution >= 4 is 0 Å². The van der Waals surface area contributed by atoms with Crippen molar-refractivity contribution in [3.63, 3.8) is 0 Å². The summed E-state index contributed by atoms with van der Waals surface area (Å²) in [6.45, 7) is 2.04. The molecule has 2 fully saturated rings. The molecule has 1 N–H and O–H groups in total. The van der Waals surface area contributed by atoms with Gasteiger partial charge in [0.1, 0.15) is 6.26 Å². The van der Waals surface area contributed by atoms with Gasteiger partial charge in [0.25, 0.3) is 0 Å². The second-order valence-electron chi connectivity index (χ2n) is 6.07. The molecule has 4 rings (SSSR count). The molecule has 3 heterocycles. The third kappa shape index (κ3) is 1.88. The Morgan fingerprint density at radius 1 is 1.25 bits per heavy atom. The maximum Gasteiger partial charge on any atom is 0.231 e. The number of furan rings is 1. The van der Waals surface area contributed by atoms with Crippen LogP contribution in [0.15, 0.2) is 27.5 Å². The van der Waals surface area contributed by atoms with Crippen LogP contribution in [0, 0.1) is 5.41 Å². The van der Waals surface area contributed by atoms with E-state index in [1.54, 1.807) is 12.5 Å². The average molecular weight is 273 g/mol. The smallest absolute Gasteiger partial charge is 0.231 e. The first kappa shape index (κ1) is 12.1. The van der Waals surface area contributed by atoms with E-state index in [4.69, 9.17) is 8.94 Å². The zero-order valence-electron chi connectivity index (χ0n) is 11.5. The Morgan fingerprint density at radius 3 is 2.95 bits per heavy atom. The minimum atomic E-state index is 0.332. The van der Waals surface area contributed by atoms with E-state index in [2.05, 4.69) is 15.5 Å². The molecule has 5 heteroatoms. The standard InChI is InChI=1S/C15H19N3O2/c1-2-5-15(6-3-1)10-16-8-12(15)14-17-13(18-20-14)11-4-7-19-9-11/h4,7,9,12,16H,1-3,5-6,8,10H2/t12-/m1/s1. The summed E-state index contributed by atoms with van der Waals surface area (Å²) in [5.41, 5.74) is 1.21. The third-order valence-electron chi connectivity index (χ3n) is 4.93. The van der Waals surface area contributed by atoms with Crippen LogP contribution in [-0.2, 0) is 0 Å².